The normalized spacial score (nSPS) is 11.8. The fourth-order valence-corrected chi connectivity index (χ4v) is 1.38. The second-order valence-electron chi connectivity index (χ2n) is 3.89. The molecule has 0 aromatic heterocycles. The van der Waals surface area contributed by atoms with Gasteiger partial charge in [-0.2, -0.15) is 5.26 Å². The topological polar surface area (TPSA) is 83.7 Å². The summed E-state index contributed by atoms with van der Waals surface area (Å²) in [5.41, 5.74) is 1.25. The van der Waals surface area contributed by atoms with E-state index in [1.807, 2.05) is 13.0 Å². The number of hydrogen-bond acceptors (Lipinski definition) is 5. The quantitative estimate of drug-likeness (QED) is 0.466. The Kier molecular flexibility index (Phi) is 6.79. The molecule has 1 aromatic rings. The Hall–Kier alpha value is -2.39. The summed E-state index contributed by atoms with van der Waals surface area (Å²) in [6, 6.07) is 8.62. The largest absolute Gasteiger partial charge is 0.399 e. The maximum absolute atomic E-state index is 11.9. The van der Waals surface area contributed by atoms with E-state index >= 15 is 0 Å². The van der Waals surface area contributed by atoms with E-state index in [0.29, 0.717) is 12.2 Å². The van der Waals surface area contributed by atoms with E-state index in [4.69, 9.17) is 10.00 Å². The average molecular weight is 275 g/mol. The number of carbonyl (C=O) groups is 1. The number of benzene rings is 1. The Labute approximate surface area is 118 Å². The minimum Gasteiger partial charge on any atom is -0.399 e. The molecule has 0 radical (unpaired) electrons. The van der Waals surface area contributed by atoms with Crippen molar-refractivity contribution in [2.24, 2.45) is 5.16 Å². The van der Waals surface area contributed by atoms with Gasteiger partial charge in [0.15, 0.2) is 0 Å². The number of hydrogen-bond donors (Lipinski definition) is 1. The lowest BCUT2D eigenvalue weighted by Crippen LogP contribution is -2.36. The van der Waals surface area contributed by atoms with E-state index in [1.54, 1.807) is 24.3 Å². The molecule has 0 fully saturated rings. The van der Waals surface area contributed by atoms with E-state index in [2.05, 4.69) is 15.3 Å². The number of ether oxygens (including phenoxy) is 1. The highest BCUT2D eigenvalue weighted by Gasteiger charge is 2.12. The summed E-state index contributed by atoms with van der Waals surface area (Å²) >= 11 is 0. The van der Waals surface area contributed by atoms with E-state index in [9.17, 15) is 4.79 Å². The summed E-state index contributed by atoms with van der Waals surface area (Å²) < 4.78 is 5.18. The number of nitriles is 1. The predicted molar refractivity (Wildman–Crippen MR) is 74.2 cm³/mol. The molecule has 0 aliphatic heterocycles. The maximum Gasteiger partial charge on any atom is 0.254 e. The van der Waals surface area contributed by atoms with Gasteiger partial charge in [-0.05, 0) is 24.1 Å². The van der Waals surface area contributed by atoms with Gasteiger partial charge in [-0.3, -0.25) is 4.79 Å². The maximum atomic E-state index is 11.9. The van der Waals surface area contributed by atoms with Crippen LogP contribution in [0.4, 0.5) is 0 Å². The Bertz CT molecular complexity index is 491. The lowest BCUT2D eigenvalue weighted by Gasteiger charge is -2.12. The molecule has 1 N–H and O–H groups in total. The molecule has 0 heterocycles. The number of nitrogens with zero attached hydrogens (tertiary/aromatic N) is 2. The third kappa shape index (κ3) is 5.08. The second-order valence-corrected chi connectivity index (χ2v) is 3.89. The average Bonchev–Trinajstić information content (AvgIpc) is 2.49. The Morgan fingerprint density at radius 1 is 1.50 bits per heavy atom. The molecular weight excluding hydrogens is 258 g/mol. The zero-order chi connectivity index (χ0) is 14.8. The zero-order valence-corrected chi connectivity index (χ0v) is 11.5. The van der Waals surface area contributed by atoms with Gasteiger partial charge in [0.1, 0.15) is 13.2 Å². The van der Waals surface area contributed by atoms with E-state index < -0.39 is 6.23 Å². The van der Waals surface area contributed by atoms with Gasteiger partial charge >= 0.3 is 0 Å². The minimum absolute atomic E-state index is 0.358. The van der Waals surface area contributed by atoms with Crippen molar-refractivity contribution < 1.29 is 14.4 Å². The zero-order valence-electron chi connectivity index (χ0n) is 11.5. The third-order valence-electron chi connectivity index (χ3n) is 2.35. The molecule has 0 spiro atoms. The Morgan fingerprint density at radius 2 is 2.20 bits per heavy atom. The Balaban J connectivity index is 2.63. The second kappa shape index (κ2) is 8.67. The fraction of sp³-hybridized carbons (Fsp3) is 0.357. The summed E-state index contributed by atoms with van der Waals surface area (Å²) in [5, 5.41) is 15.0. The number of rotatable bonds is 7. The van der Waals surface area contributed by atoms with Crippen molar-refractivity contribution in [3.8, 4) is 6.07 Å². The summed E-state index contributed by atoms with van der Waals surface area (Å²) in [6.45, 7) is 2.35. The lowest BCUT2D eigenvalue weighted by atomic mass is 10.1. The molecule has 1 amide bonds. The molecule has 0 saturated heterocycles. The molecular formula is C14H17N3O3. The number of nitrogens with one attached hydrogen (secondary N) is 1. The SMILES string of the molecule is CCCOC(C#N)NC(=O)c1ccc(C=NOC)cc1. The van der Waals surface area contributed by atoms with Crippen LogP contribution < -0.4 is 5.32 Å². The van der Waals surface area contributed by atoms with Crippen molar-refractivity contribution in [3.63, 3.8) is 0 Å². The summed E-state index contributed by atoms with van der Waals surface area (Å²) in [4.78, 5) is 16.5. The van der Waals surface area contributed by atoms with E-state index in [-0.39, 0.29) is 5.91 Å². The molecule has 0 bridgehead atoms. The smallest absolute Gasteiger partial charge is 0.254 e. The summed E-state index contributed by atoms with van der Waals surface area (Å²) in [6.07, 6.45) is 1.38. The van der Waals surface area contributed by atoms with Gasteiger partial charge in [-0.1, -0.05) is 24.2 Å². The monoisotopic (exact) mass is 275 g/mol. The van der Waals surface area contributed by atoms with Crippen molar-refractivity contribution in [1.29, 1.82) is 5.26 Å². The third-order valence-corrected chi connectivity index (χ3v) is 2.35. The van der Waals surface area contributed by atoms with Crippen molar-refractivity contribution in [1.82, 2.24) is 5.32 Å². The van der Waals surface area contributed by atoms with Gasteiger partial charge in [0.2, 0.25) is 6.23 Å². The first-order valence-corrected chi connectivity index (χ1v) is 6.20. The molecule has 1 atom stereocenters. The van der Waals surface area contributed by atoms with Crippen LogP contribution in [0.3, 0.4) is 0 Å². The predicted octanol–water partition coefficient (Wildman–Crippen LogP) is 1.67. The van der Waals surface area contributed by atoms with Crippen molar-refractivity contribution in [2.75, 3.05) is 13.7 Å². The van der Waals surface area contributed by atoms with Gasteiger partial charge in [0.25, 0.3) is 5.91 Å². The fourth-order valence-electron chi connectivity index (χ4n) is 1.38. The first-order chi connectivity index (χ1) is 9.71. The van der Waals surface area contributed by atoms with Gasteiger partial charge < -0.3 is 14.9 Å². The Morgan fingerprint density at radius 3 is 2.75 bits per heavy atom. The highest BCUT2D eigenvalue weighted by molar-refractivity contribution is 5.95. The van der Waals surface area contributed by atoms with Crippen LogP contribution >= 0.6 is 0 Å². The van der Waals surface area contributed by atoms with Crippen LogP contribution in [0.2, 0.25) is 0 Å². The molecule has 0 aliphatic carbocycles. The van der Waals surface area contributed by atoms with Crippen LogP contribution in [-0.2, 0) is 9.57 Å². The van der Waals surface area contributed by atoms with Crippen LogP contribution in [-0.4, -0.2) is 32.1 Å². The molecule has 1 aromatic carbocycles. The first-order valence-electron chi connectivity index (χ1n) is 6.20. The van der Waals surface area contributed by atoms with Gasteiger partial charge in [0.05, 0.1) is 12.8 Å². The van der Waals surface area contributed by atoms with E-state index in [1.165, 1.54) is 13.3 Å². The molecule has 6 heteroatoms. The number of carbonyl (C=O) groups excluding carboxylic acids is 1. The summed E-state index contributed by atoms with van der Waals surface area (Å²) in [5.74, 6) is -0.358. The highest BCUT2D eigenvalue weighted by Crippen LogP contribution is 2.03. The minimum atomic E-state index is -0.933. The molecule has 20 heavy (non-hydrogen) atoms. The number of oxime groups is 1. The molecule has 1 unspecified atom stereocenters. The van der Waals surface area contributed by atoms with Crippen molar-refractivity contribution in [2.45, 2.75) is 19.6 Å². The van der Waals surface area contributed by atoms with Crippen LogP contribution in [0, 0.1) is 11.3 Å². The van der Waals surface area contributed by atoms with Crippen molar-refractivity contribution >= 4 is 12.1 Å². The van der Waals surface area contributed by atoms with Gasteiger partial charge in [-0.15, -0.1) is 0 Å². The van der Waals surface area contributed by atoms with Crippen LogP contribution in [0.5, 0.6) is 0 Å². The molecule has 0 saturated carbocycles. The molecule has 0 aliphatic rings. The van der Waals surface area contributed by atoms with Crippen molar-refractivity contribution in [3.05, 3.63) is 35.4 Å². The summed E-state index contributed by atoms with van der Waals surface area (Å²) in [7, 11) is 1.46. The standard InChI is InChI=1S/C14H17N3O3/c1-3-8-20-13(9-15)17-14(18)12-6-4-11(5-7-12)10-16-19-2/h4-7,10,13H,3,8H2,1-2H3,(H,17,18). The lowest BCUT2D eigenvalue weighted by molar-refractivity contribution is 0.0561. The first kappa shape index (κ1) is 15.7. The molecule has 1 rings (SSSR count). The highest BCUT2D eigenvalue weighted by atomic mass is 16.6. The van der Waals surface area contributed by atoms with Crippen LogP contribution in [0.1, 0.15) is 29.3 Å². The van der Waals surface area contributed by atoms with Crippen LogP contribution in [0.25, 0.3) is 0 Å². The van der Waals surface area contributed by atoms with E-state index in [0.717, 1.165) is 12.0 Å². The molecule has 6 nitrogen and oxygen atoms in total. The van der Waals surface area contributed by atoms with Gasteiger partial charge in [-0.25, -0.2) is 0 Å². The van der Waals surface area contributed by atoms with Crippen LogP contribution in [0.15, 0.2) is 29.4 Å². The molecule has 106 valence electrons. The van der Waals surface area contributed by atoms with Gasteiger partial charge in [0, 0.05) is 5.56 Å². The number of amides is 1.